The van der Waals surface area contributed by atoms with Crippen LogP contribution in [0.5, 0.6) is 0 Å². The number of allylic oxidation sites excluding steroid dienone is 2. The van der Waals surface area contributed by atoms with Gasteiger partial charge in [0.15, 0.2) is 0 Å². The average molecular weight is 423 g/mol. The van der Waals surface area contributed by atoms with Crippen LogP contribution in [-0.4, -0.2) is 35.1 Å². The molecule has 4 rings (SSSR count). The number of carbonyl (C=O) groups excluding carboxylic acids is 4. The van der Waals surface area contributed by atoms with Gasteiger partial charge in [-0.25, -0.2) is 0 Å². The smallest absolute Gasteiger partial charge is 0.265 e. The fourth-order valence-corrected chi connectivity index (χ4v) is 4.42. The van der Waals surface area contributed by atoms with Crippen molar-refractivity contribution in [2.24, 2.45) is 11.8 Å². The SMILES string of the molecule is O=C(CCN1C(=O)[C@H]2CC=CC[C@H]2C1=O)Nc1cccc(NC(=O)c2cccs2)c1. The molecular weight excluding hydrogens is 402 g/mol. The Bertz CT molecular complexity index is 989. The van der Waals surface area contributed by atoms with Gasteiger partial charge in [0.2, 0.25) is 17.7 Å². The summed E-state index contributed by atoms with van der Waals surface area (Å²) in [7, 11) is 0. The van der Waals surface area contributed by atoms with Crippen molar-refractivity contribution in [3.8, 4) is 0 Å². The third-order valence-electron chi connectivity index (χ3n) is 5.31. The molecule has 0 saturated carbocycles. The molecule has 1 aliphatic heterocycles. The van der Waals surface area contributed by atoms with Crippen molar-refractivity contribution < 1.29 is 19.2 Å². The first-order valence-corrected chi connectivity index (χ1v) is 10.7. The summed E-state index contributed by atoms with van der Waals surface area (Å²) in [5, 5.41) is 7.38. The molecule has 154 valence electrons. The number of likely N-dealkylation sites (tertiary alicyclic amines) is 1. The zero-order chi connectivity index (χ0) is 21.1. The van der Waals surface area contributed by atoms with E-state index in [1.807, 2.05) is 17.5 Å². The highest BCUT2D eigenvalue weighted by molar-refractivity contribution is 7.12. The largest absolute Gasteiger partial charge is 0.326 e. The first kappa shape index (κ1) is 20.0. The molecule has 2 aliphatic rings. The minimum Gasteiger partial charge on any atom is -0.326 e. The number of imide groups is 1. The molecule has 0 radical (unpaired) electrons. The van der Waals surface area contributed by atoms with Crippen molar-refractivity contribution in [1.29, 1.82) is 0 Å². The Morgan fingerprint density at radius 3 is 2.27 bits per heavy atom. The van der Waals surface area contributed by atoms with Crippen molar-refractivity contribution in [3.05, 3.63) is 58.8 Å². The van der Waals surface area contributed by atoms with E-state index in [4.69, 9.17) is 0 Å². The molecule has 2 aromatic rings. The van der Waals surface area contributed by atoms with Gasteiger partial charge in [-0.05, 0) is 42.5 Å². The minimum absolute atomic E-state index is 0.0239. The zero-order valence-electron chi connectivity index (χ0n) is 16.2. The Labute approximate surface area is 177 Å². The predicted molar refractivity (Wildman–Crippen MR) is 114 cm³/mol. The van der Waals surface area contributed by atoms with Crippen LogP contribution < -0.4 is 10.6 Å². The number of carbonyl (C=O) groups is 4. The van der Waals surface area contributed by atoms with E-state index in [0.717, 1.165) is 0 Å². The third-order valence-corrected chi connectivity index (χ3v) is 6.18. The second-order valence-corrected chi connectivity index (χ2v) is 8.24. The number of fused-ring (bicyclic) bond motifs is 1. The number of hydrogen-bond acceptors (Lipinski definition) is 5. The van der Waals surface area contributed by atoms with Gasteiger partial charge in [-0.15, -0.1) is 11.3 Å². The lowest BCUT2D eigenvalue weighted by molar-refractivity contribution is -0.140. The molecule has 1 aromatic heterocycles. The van der Waals surface area contributed by atoms with Gasteiger partial charge < -0.3 is 10.6 Å². The molecule has 2 N–H and O–H groups in total. The maximum atomic E-state index is 12.5. The number of rotatable bonds is 6. The Morgan fingerprint density at radius 1 is 0.967 bits per heavy atom. The van der Waals surface area contributed by atoms with Gasteiger partial charge in [0.25, 0.3) is 5.91 Å². The summed E-state index contributed by atoms with van der Waals surface area (Å²) in [4.78, 5) is 51.3. The van der Waals surface area contributed by atoms with E-state index in [9.17, 15) is 19.2 Å². The van der Waals surface area contributed by atoms with Crippen molar-refractivity contribution >= 4 is 46.3 Å². The molecular formula is C22H21N3O4S. The van der Waals surface area contributed by atoms with Crippen LogP contribution in [0.25, 0.3) is 0 Å². The van der Waals surface area contributed by atoms with Crippen LogP contribution in [0.1, 0.15) is 28.9 Å². The summed E-state index contributed by atoms with van der Waals surface area (Å²) in [6, 6.07) is 10.4. The van der Waals surface area contributed by atoms with E-state index in [0.29, 0.717) is 29.1 Å². The first-order valence-electron chi connectivity index (χ1n) is 9.78. The quantitative estimate of drug-likeness (QED) is 0.551. The number of hydrogen-bond donors (Lipinski definition) is 2. The lowest BCUT2D eigenvalue weighted by Crippen LogP contribution is -2.34. The number of anilines is 2. The highest BCUT2D eigenvalue weighted by Crippen LogP contribution is 2.35. The van der Waals surface area contributed by atoms with Crippen LogP contribution in [0.2, 0.25) is 0 Å². The highest BCUT2D eigenvalue weighted by Gasteiger charge is 2.46. The summed E-state index contributed by atoms with van der Waals surface area (Å²) in [6.45, 7) is 0.0747. The van der Waals surface area contributed by atoms with E-state index in [-0.39, 0.29) is 48.4 Å². The second-order valence-electron chi connectivity index (χ2n) is 7.29. The normalized spacial score (nSPS) is 20.2. The lowest BCUT2D eigenvalue weighted by Gasteiger charge is -2.14. The molecule has 2 heterocycles. The number of nitrogens with zero attached hydrogens (tertiary/aromatic N) is 1. The maximum absolute atomic E-state index is 12.5. The van der Waals surface area contributed by atoms with Crippen molar-refractivity contribution in [3.63, 3.8) is 0 Å². The van der Waals surface area contributed by atoms with E-state index in [1.54, 1.807) is 36.4 Å². The van der Waals surface area contributed by atoms with Crippen molar-refractivity contribution in [1.82, 2.24) is 4.90 Å². The number of nitrogens with one attached hydrogen (secondary N) is 2. The zero-order valence-corrected chi connectivity index (χ0v) is 17.0. The monoisotopic (exact) mass is 423 g/mol. The highest BCUT2D eigenvalue weighted by atomic mass is 32.1. The van der Waals surface area contributed by atoms with Gasteiger partial charge >= 0.3 is 0 Å². The van der Waals surface area contributed by atoms with Gasteiger partial charge in [0, 0.05) is 24.3 Å². The first-order chi connectivity index (χ1) is 14.5. The molecule has 2 atom stereocenters. The van der Waals surface area contributed by atoms with Crippen LogP contribution in [-0.2, 0) is 14.4 Å². The topological polar surface area (TPSA) is 95.6 Å². The van der Waals surface area contributed by atoms with Crippen LogP contribution in [0.3, 0.4) is 0 Å². The van der Waals surface area contributed by atoms with Gasteiger partial charge in [0.1, 0.15) is 0 Å². The summed E-state index contributed by atoms with van der Waals surface area (Å²) >= 11 is 1.35. The fraction of sp³-hybridized carbons (Fsp3) is 0.273. The van der Waals surface area contributed by atoms with Gasteiger partial charge in [-0.2, -0.15) is 0 Å². The minimum atomic E-state index is -0.301. The Morgan fingerprint density at radius 2 is 1.63 bits per heavy atom. The number of amides is 4. The summed E-state index contributed by atoms with van der Waals surface area (Å²) in [5.41, 5.74) is 1.09. The molecule has 7 nitrogen and oxygen atoms in total. The van der Waals surface area contributed by atoms with E-state index in [1.165, 1.54) is 16.2 Å². The van der Waals surface area contributed by atoms with Crippen LogP contribution in [0.15, 0.2) is 53.9 Å². The van der Waals surface area contributed by atoms with Gasteiger partial charge in [0.05, 0.1) is 16.7 Å². The van der Waals surface area contributed by atoms with Gasteiger partial charge in [-0.3, -0.25) is 24.1 Å². The number of thiophene rings is 1. The Hall–Kier alpha value is -3.26. The molecule has 8 heteroatoms. The molecule has 1 aromatic carbocycles. The molecule has 1 aliphatic carbocycles. The molecule has 0 spiro atoms. The molecule has 1 fully saturated rings. The van der Waals surface area contributed by atoms with Crippen LogP contribution >= 0.6 is 11.3 Å². The lowest BCUT2D eigenvalue weighted by atomic mass is 9.85. The Balaban J connectivity index is 1.32. The molecule has 30 heavy (non-hydrogen) atoms. The van der Waals surface area contributed by atoms with Crippen LogP contribution in [0, 0.1) is 11.8 Å². The second kappa shape index (κ2) is 8.62. The van der Waals surface area contributed by atoms with E-state index < -0.39 is 0 Å². The standard InChI is InChI=1S/C22H21N3O4S/c26-19(10-11-25-21(28)16-7-1-2-8-17(16)22(25)29)23-14-5-3-6-15(13-14)24-20(27)18-9-4-12-30-18/h1-6,9,12-13,16-17H,7-8,10-11H2,(H,23,26)(H,24,27)/t16-,17+. The summed E-state index contributed by atoms with van der Waals surface area (Å²) in [6.07, 6.45) is 5.07. The van der Waals surface area contributed by atoms with E-state index in [2.05, 4.69) is 10.6 Å². The third kappa shape index (κ3) is 4.18. The number of benzene rings is 1. The van der Waals surface area contributed by atoms with Gasteiger partial charge in [-0.1, -0.05) is 24.3 Å². The summed E-state index contributed by atoms with van der Waals surface area (Å²) < 4.78 is 0. The van der Waals surface area contributed by atoms with E-state index >= 15 is 0 Å². The van der Waals surface area contributed by atoms with Crippen molar-refractivity contribution in [2.75, 3.05) is 17.2 Å². The molecule has 0 bridgehead atoms. The molecule has 4 amide bonds. The predicted octanol–water partition coefficient (Wildman–Crippen LogP) is 3.28. The molecule has 0 unspecified atom stereocenters. The average Bonchev–Trinajstić information content (AvgIpc) is 3.36. The van der Waals surface area contributed by atoms with Crippen LogP contribution in [0.4, 0.5) is 11.4 Å². The molecule has 1 saturated heterocycles. The summed E-state index contributed by atoms with van der Waals surface area (Å²) in [5.74, 6) is -1.44. The Kier molecular flexibility index (Phi) is 5.76. The maximum Gasteiger partial charge on any atom is 0.265 e. The fourth-order valence-electron chi connectivity index (χ4n) is 3.80. The van der Waals surface area contributed by atoms with Crippen molar-refractivity contribution in [2.45, 2.75) is 19.3 Å².